The molecule has 2 unspecified atom stereocenters. The van der Waals surface area contributed by atoms with Gasteiger partial charge in [0.15, 0.2) is 0 Å². The second-order valence-electron chi connectivity index (χ2n) is 10.5. The maximum Gasteiger partial charge on any atom is 0.309 e. The van der Waals surface area contributed by atoms with Crippen LogP contribution in [0, 0.1) is 35.5 Å². The number of cyclic esters (lactones) is 2. The van der Waals surface area contributed by atoms with Crippen LogP contribution in [-0.2, 0) is 19.1 Å². The second-order valence-corrected chi connectivity index (χ2v) is 10.5. The molecule has 0 N–H and O–H groups in total. The maximum atomic E-state index is 11.1. The molecule has 5 fully saturated rings. The molecule has 2 heterocycles. The van der Waals surface area contributed by atoms with Crippen LogP contribution in [0.2, 0.25) is 0 Å². The lowest BCUT2D eigenvalue weighted by Gasteiger charge is -2.43. The van der Waals surface area contributed by atoms with Crippen molar-refractivity contribution in [3.63, 3.8) is 0 Å². The Kier molecular flexibility index (Phi) is 5.40. The van der Waals surface area contributed by atoms with E-state index in [1.807, 2.05) is 0 Å². The summed E-state index contributed by atoms with van der Waals surface area (Å²) in [4.78, 5) is 22.1. The molecule has 0 aromatic heterocycles. The highest BCUT2D eigenvalue weighted by molar-refractivity contribution is 5.75. The van der Waals surface area contributed by atoms with Gasteiger partial charge in [0.2, 0.25) is 0 Å². The summed E-state index contributed by atoms with van der Waals surface area (Å²) in [6, 6.07) is 0. The van der Waals surface area contributed by atoms with Crippen LogP contribution in [0.25, 0.3) is 0 Å². The standard InChI is InChI=1S/C24H36O4/c25-23-13-21(27-23)19-9-5-17(6-10-19)15-1-2-16(4-3-15)18-7-11-20(12-8-18)22-14-24(26)28-22/h15-22H,1-14H2. The van der Waals surface area contributed by atoms with E-state index < -0.39 is 0 Å². The third kappa shape index (κ3) is 3.85. The van der Waals surface area contributed by atoms with Crippen molar-refractivity contribution in [1.29, 1.82) is 0 Å². The second kappa shape index (κ2) is 7.99. The first-order valence-electron chi connectivity index (χ1n) is 12.0. The van der Waals surface area contributed by atoms with E-state index in [0.29, 0.717) is 24.7 Å². The van der Waals surface area contributed by atoms with Crippen molar-refractivity contribution >= 4 is 11.9 Å². The molecule has 2 saturated heterocycles. The normalized spacial score (nSPS) is 46.7. The minimum absolute atomic E-state index is 0.00757. The lowest BCUT2D eigenvalue weighted by atomic mass is 9.64. The van der Waals surface area contributed by atoms with Crippen molar-refractivity contribution in [2.75, 3.05) is 0 Å². The minimum atomic E-state index is 0.00757. The van der Waals surface area contributed by atoms with Gasteiger partial charge in [0.25, 0.3) is 0 Å². The van der Waals surface area contributed by atoms with Gasteiger partial charge in [0.05, 0.1) is 12.8 Å². The van der Waals surface area contributed by atoms with Crippen LogP contribution in [-0.4, -0.2) is 24.1 Å². The van der Waals surface area contributed by atoms with Crippen molar-refractivity contribution in [2.24, 2.45) is 35.5 Å². The van der Waals surface area contributed by atoms with Crippen molar-refractivity contribution < 1.29 is 19.1 Å². The SMILES string of the molecule is O=C1CC(C2CCC(C3CCC(C4CCC(C5CC(=O)O5)CC4)CC3)CC2)O1. The number of ether oxygens (including phenoxy) is 2. The molecule has 2 aliphatic heterocycles. The van der Waals surface area contributed by atoms with Crippen LogP contribution >= 0.6 is 0 Å². The van der Waals surface area contributed by atoms with E-state index in [-0.39, 0.29) is 24.1 Å². The lowest BCUT2D eigenvalue weighted by molar-refractivity contribution is -0.177. The molecule has 4 nitrogen and oxygen atoms in total. The number of hydrogen-bond acceptors (Lipinski definition) is 4. The van der Waals surface area contributed by atoms with E-state index in [1.165, 1.54) is 77.0 Å². The monoisotopic (exact) mass is 388 g/mol. The Bertz CT molecular complexity index is 509. The molecule has 0 radical (unpaired) electrons. The zero-order chi connectivity index (χ0) is 19.1. The Labute approximate surface area is 169 Å². The van der Waals surface area contributed by atoms with Crippen LogP contribution < -0.4 is 0 Å². The molecule has 0 amide bonds. The summed E-state index contributed by atoms with van der Waals surface area (Å²) in [5, 5.41) is 0. The zero-order valence-electron chi connectivity index (χ0n) is 17.2. The molecule has 2 atom stereocenters. The number of esters is 2. The Hall–Kier alpha value is -1.06. The van der Waals surface area contributed by atoms with Gasteiger partial charge >= 0.3 is 11.9 Å². The molecular formula is C24H36O4. The number of carbonyl (C=O) groups is 2. The highest BCUT2D eigenvalue weighted by Crippen LogP contribution is 2.47. The van der Waals surface area contributed by atoms with Gasteiger partial charge in [-0.15, -0.1) is 0 Å². The van der Waals surface area contributed by atoms with Gasteiger partial charge < -0.3 is 9.47 Å². The molecule has 0 spiro atoms. The third-order valence-corrected chi connectivity index (χ3v) is 9.14. The van der Waals surface area contributed by atoms with Crippen LogP contribution in [0.4, 0.5) is 0 Å². The largest absolute Gasteiger partial charge is 0.461 e. The van der Waals surface area contributed by atoms with Crippen molar-refractivity contribution in [3.8, 4) is 0 Å². The number of carbonyl (C=O) groups excluding carboxylic acids is 2. The van der Waals surface area contributed by atoms with Crippen molar-refractivity contribution in [3.05, 3.63) is 0 Å². The van der Waals surface area contributed by atoms with E-state index in [1.54, 1.807) is 0 Å². The summed E-state index contributed by atoms with van der Waals surface area (Å²) >= 11 is 0. The average molecular weight is 389 g/mol. The Morgan fingerprint density at radius 3 is 0.857 bits per heavy atom. The van der Waals surface area contributed by atoms with E-state index >= 15 is 0 Å². The molecule has 0 aromatic rings. The smallest absolute Gasteiger partial charge is 0.309 e. The van der Waals surface area contributed by atoms with Gasteiger partial charge in [-0.1, -0.05) is 0 Å². The summed E-state index contributed by atoms with van der Waals surface area (Å²) in [7, 11) is 0. The molecule has 3 saturated carbocycles. The lowest BCUT2D eigenvalue weighted by Crippen LogP contribution is -2.41. The van der Waals surface area contributed by atoms with Crippen LogP contribution in [0.5, 0.6) is 0 Å². The highest BCUT2D eigenvalue weighted by atomic mass is 16.6. The molecule has 3 aliphatic carbocycles. The predicted octanol–water partition coefficient (Wildman–Crippen LogP) is 5.04. The fraction of sp³-hybridized carbons (Fsp3) is 0.917. The van der Waals surface area contributed by atoms with Gasteiger partial charge in [-0.05, 0) is 113 Å². The molecule has 0 bridgehead atoms. The fourth-order valence-electron chi connectivity index (χ4n) is 7.24. The Morgan fingerprint density at radius 1 is 0.429 bits per heavy atom. The molecular weight excluding hydrogens is 352 g/mol. The van der Waals surface area contributed by atoms with Gasteiger partial charge in [0.1, 0.15) is 12.2 Å². The van der Waals surface area contributed by atoms with Gasteiger partial charge in [0, 0.05) is 0 Å². The van der Waals surface area contributed by atoms with Crippen molar-refractivity contribution in [1.82, 2.24) is 0 Å². The van der Waals surface area contributed by atoms with Crippen LogP contribution in [0.3, 0.4) is 0 Å². The summed E-state index contributed by atoms with van der Waals surface area (Å²) in [6.45, 7) is 0. The van der Waals surface area contributed by atoms with E-state index in [2.05, 4.69) is 0 Å². The zero-order valence-corrected chi connectivity index (χ0v) is 17.2. The molecule has 156 valence electrons. The Balaban J connectivity index is 1.02. The topological polar surface area (TPSA) is 52.6 Å². The quantitative estimate of drug-likeness (QED) is 0.633. The van der Waals surface area contributed by atoms with Crippen molar-refractivity contribution in [2.45, 2.75) is 102 Å². The highest BCUT2D eigenvalue weighted by Gasteiger charge is 2.41. The maximum absolute atomic E-state index is 11.1. The fourth-order valence-corrected chi connectivity index (χ4v) is 7.24. The summed E-state index contributed by atoms with van der Waals surface area (Å²) in [5.41, 5.74) is 0. The van der Waals surface area contributed by atoms with E-state index in [0.717, 1.165) is 23.7 Å². The van der Waals surface area contributed by atoms with Crippen LogP contribution in [0.15, 0.2) is 0 Å². The molecule has 0 aromatic carbocycles. The molecule has 28 heavy (non-hydrogen) atoms. The number of hydrogen-bond donors (Lipinski definition) is 0. The van der Waals surface area contributed by atoms with E-state index in [9.17, 15) is 9.59 Å². The third-order valence-electron chi connectivity index (χ3n) is 9.14. The van der Waals surface area contributed by atoms with Gasteiger partial charge in [-0.2, -0.15) is 0 Å². The average Bonchev–Trinajstić information content (AvgIpc) is 2.70. The van der Waals surface area contributed by atoms with E-state index in [4.69, 9.17) is 9.47 Å². The Morgan fingerprint density at radius 2 is 0.643 bits per heavy atom. The first-order chi connectivity index (χ1) is 13.7. The van der Waals surface area contributed by atoms with Gasteiger partial charge in [-0.3, -0.25) is 9.59 Å². The predicted molar refractivity (Wildman–Crippen MR) is 105 cm³/mol. The summed E-state index contributed by atoms with van der Waals surface area (Å²) < 4.78 is 10.6. The molecule has 4 heteroatoms. The van der Waals surface area contributed by atoms with Crippen LogP contribution in [0.1, 0.15) is 89.9 Å². The first kappa shape index (κ1) is 18.9. The summed E-state index contributed by atoms with van der Waals surface area (Å²) in [6.07, 6.45) is 18.2. The minimum Gasteiger partial charge on any atom is -0.461 e. The van der Waals surface area contributed by atoms with Gasteiger partial charge in [-0.25, -0.2) is 0 Å². The summed E-state index contributed by atoms with van der Waals surface area (Å²) in [5.74, 6) is 5.07. The molecule has 5 rings (SSSR count). The first-order valence-corrected chi connectivity index (χ1v) is 12.0. The number of rotatable bonds is 4. The molecule has 5 aliphatic rings.